The molecule has 3 rings (SSSR count). The highest BCUT2D eigenvalue weighted by atomic mass is 35.5. The van der Waals surface area contributed by atoms with Crippen LogP contribution < -0.4 is 10.1 Å². The number of anilines is 1. The van der Waals surface area contributed by atoms with Crippen LogP contribution in [-0.4, -0.2) is 46.6 Å². The Kier molecular flexibility index (Phi) is 7.03. The Bertz CT molecular complexity index is 1020. The Morgan fingerprint density at radius 2 is 1.87 bits per heavy atom. The van der Waals surface area contributed by atoms with Crippen LogP contribution in [0.4, 0.5) is 5.69 Å². The standard InChI is InChI=1S/C21H21ClN4O4/c1-3-26(4-2)20(27)13-29-18-6-5-15(11-16(18)22)24-21(28)17-12-19(30-25-17)14-7-9-23-10-8-14/h5-12H,3-4,13H2,1-2H3,(H,24,28). The third-order valence-electron chi connectivity index (χ3n) is 4.36. The number of hydrogen-bond donors (Lipinski definition) is 1. The number of pyridine rings is 1. The van der Waals surface area contributed by atoms with Crippen LogP contribution in [0.2, 0.25) is 5.02 Å². The van der Waals surface area contributed by atoms with E-state index in [1.165, 1.54) is 0 Å². The first kappa shape index (κ1) is 21.3. The molecule has 0 fully saturated rings. The SMILES string of the molecule is CCN(CC)C(=O)COc1ccc(NC(=O)c2cc(-c3ccncc3)on2)cc1Cl. The summed E-state index contributed by atoms with van der Waals surface area (Å²) in [4.78, 5) is 30.1. The van der Waals surface area contributed by atoms with Crippen LogP contribution in [0.15, 0.2) is 53.3 Å². The van der Waals surface area contributed by atoms with E-state index in [2.05, 4.69) is 15.5 Å². The molecule has 30 heavy (non-hydrogen) atoms. The summed E-state index contributed by atoms with van der Waals surface area (Å²) in [5, 5.41) is 6.78. The van der Waals surface area contributed by atoms with Crippen LogP contribution in [-0.2, 0) is 4.79 Å². The van der Waals surface area contributed by atoms with Crippen molar-refractivity contribution in [1.29, 1.82) is 0 Å². The lowest BCUT2D eigenvalue weighted by atomic mass is 10.2. The molecular formula is C21H21ClN4O4. The smallest absolute Gasteiger partial charge is 0.277 e. The maximum atomic E-state index is 12.4. The summed E-state index contributed by atoms with van der Waals surface area (Å²) in [5.74, 6) is 0.253. The maximum absolute atomic E-state index is 12.4. The average molecular weight is 429 g/mol. The van der Waals surface area contributed by atoms with Crippen molar-refractivity contribution in [2.75, 3.05) is 25.0 Å². The number of carbonyl (C=O) groups excluding carboxylic acids is 2. The molecule has 2 heterocycles. The van der Waals surface area contributed by atoms with Crippen molar-refractivity contribution in [3.63, 3.8) is 0 Å². The van der Waals surface area contributed by atoms with E-state index in [4.69, 9.17) is 20.9 Å². The van der Waals surface area contributed by atoms with Gasteiger partial charge in [-0.3, -0.25) is 14.6 Å². The van der Waals surface area contributed by atoms with Gasteiger partial charge in [-0.1, -0.05) is 16.8 Å². The molecule has 0 saturated carbocycles. The van der Waals surface area contributed by atoms with Crippen LogP contribution in [0, 0.1) is 0 Å². The number of hydrogen-bond acceptors (Lipinski definition) is 6. The van der Waals surface area contributed by atoms with E-state index in [0.717, 1.165) is 5.56 Å². The van der Waals surface area contributed by atoms with Gasteiger partial charge in [-0.05, 0) is 44.2 Å². The molecule has 0 radical (unpaired) electrons. The maximum Gasteiger partial charge on any atom is 0.277 e. The Labute approximate surface area is 178 Å². The fourth-order valence-corrected chi connectivity index (χ4v) is 2.97. The van der Waals surface area contributed by atoms with E-state index in [1.54, 1.807) is 53.7 Å². The second-order valence-corrected chi connectivity index (χ2v) is 6.67. The predicted molar refractivity (Wildman–Crippen MR) is 113 cm³/mol. The molecule has 0 aliphatic rings. The molecule has 0 aliphatic carbocycles. The van der Waals surface area contributed by atoms with Gasteiger partial charge < -0.3 is 19.5 Å². The molecule has 0 bridgehead atoms. The van der Waals surface area contributed by atoms with Gasteiger partial charge >= 0.3 is 0 Å². The number of nitrogens with one attached hydrogen (secondary N) is 1. The highest BCUT2D eigenvalue weighted by Gasteiger charge is 2.15. The van der Waals surface area contributed by atoms with Crippen LogP contribution in [0.3, 0.4) is 0 Å². The number of rotatable bonds is 8. The number of carbonyl (C=O) groups is 2. The second-order valence-electron chi connectivity index (χ2n) is 6.27. The summed E-state index contributed by atoms with van der Waals surface area (Å²) in [5.41, 5.74) is 1.35. The van der Waals surface area contributed by atoms with Crippen LogP contribution in [0.25, 0.3) is 11.3 Å². The van der Waals surface area contributed by atoms with E-state index < -0.39 is 5.91 Å². The molecule has 1 N–H and O–H groups in total. The van der Waals surface area contributed by atoms with Gasteiger partial charge in [-0.15, -0.1) is 0 Å². The minimum absolute atomic E-state index is 0.107. The van der Waals surface area contributed by atoms with Crippen molar-refractivity contribution in [2.45, 2.75) is 13.8 Å². The first-order valence-electron chi connectivity index (χ1n) is 9.40. The number of halogens is 1. The summed E-state index contributed by atoms with van der Waals surface area (Å²) in [7, 11) is 0. The predicted octanol–water partition coefficient (Wildman–Crippen LogP) is 3.89. The molecular weight excluding hydrogens is 408 g/mol. The Balaban J connectivity index is 1.62. The van der Waals surface area contributed by atoms with E-state index in [0.29, 0.717) is 30.3 Å². The molecule has 0 atom stereocenters. The molecule has 0 saturated heterocycles. The highest BCUT2D eigenvalue weighted by molar-refractivity contribution is 6.32. The largest absolute Gasteiger partial charge is 0.482 e. The normalized spacial score (nSPS) is 10.5. The number of aromatic nitrogens is 2. The van der Waals surface area contributed by atoms with E-state index in [9.17, 15) is 9.59 Å². The lowest BCUT2D eigenvalue weighted by Crippen LogP contribution is -2.34. The fraction of sp³-hybridized carbons (Fsp3) is 0.238. The highest BCUT2D eigenvalue weighted by Crippen LogP contribution is 2.28. The van der Waals surface area contributed by atoms with Gasteiger partial charge in [0, 0.05) is 42.8 Å². The number of ether oxygens (including phenoxy) is 1. The van der Waals surface area contributed by atoms with E-state index >= 15 is 0 Å². The lowest BCUT2D eigenvalue weighted by molar-refractivity contribution is -0.132. The molecule has 0 spiro atoms. The van der Waals surface area contributed by atoms with Crippen molar-refractivity contribution >= 4 is 29.1 Å². The lowest BCUT2D eigenvalue weighted by Gasteiger charge is -2.19. The molecule has 2 aromatic heterocycles. The van der Waals surface area contributed by atoms with Crippen LogP contribution in [0.5, 0.6) is 5.75 Å². The average Bonchev–Trinajstić information content (AvgIpc) is 3.25. The zero-order chi connectivity index (χ0) is 21.5. The molecule has 3 aromatic rings. The molecule has 8 nitrogen and oxygen atoms in total. The van der Waals surface area contributed by atoms with Crippen LogP contribution in [0.1, 0.15) is 24.3 Å². The second kappa shape index (κ2) is 9.89. The fourth-order valence-electron chi connectivity index (χ4n) is 2.73. The van der Waals surface area contributed by atoms with E-state index in [-0.39, 0.29) is 23.2 Å². The van der Waals surface area contributed by atoms with Crippen molar-refractivity contribution < 1.29 is 18.8 Å². The van der Waals surface area contributed by atoms with Crippen LogP contribution >= 0.6 is 11.6 Å². The van der Waals surface area contributed by atoms with Crippen molar-refractivity contribution in [1.82, 2.24) is 15.0 Å². The summed E-state index contributed by atoms with van der Waals surface area (Å²) in [6.07, 6.45) is 3.25. The quantitative estimate of drug-likeness (QED) is 0.584. The third kappa shape index (κ3) is 5.15. The molecule has 9 heteroatoms. The van der Waals surface area contributed by atoms with Gasteiger partial charge in [0.25, 0.3) is 11.8 Å². The Hall–Kier alpha value is -3.39. The van der Waals surface area contributed by atoms with Crippen molar-refractivity contribution in [3.8, 4) is 17.1 Å². The molecule has 2 amide bonds. The first-order valence-corrected chi connectivity index (χ1v) is 9.78. The first-order chi connectivity index (χ1) is 14.5. The summed E-state index contributed by atoms with van der Waals surface area (Å²) >= 11 is 6.23. The summed E-state index contributed by atoms with van der Waals surface area (Å²) in [6.45, 7) is 4.93. The molecule has 0 aliphatic heterocycles. The molecule has 1 aromatic carbocycles. The minimum Gasteiger partial charge on any atom is -0.482 e. The van der Waals surface area contributed by atoms with Gasteiger partial charge in [0.2, 0.25) is 0 Å². The molecule has 156 valence electrons. The summed E-state index contributed by atoms with van der Waals surface area (Å²) < 4.78 is 10.7. The van der Waals surface area contributed by atoms with Gasteiger partial charge in [0.1, 0.15) is 5.75 Å². The topological polar surface area (TPSA) is 97.6 Å². The zero-order valence-corrected chi connectivity index (χ0v) is 17.3. The number of benzene rings is 1. The summed E-state index contributed by atoms with van der Waals surface area (Å²) in [6, 6.07) is 9.82. The minimum atomic E-state index is -0.444. The van der Waals surface area contributed by atoms with Gasteiger partial charge in [-0.2, -0.15) is 0 Å². The number of amides is 2. The Morgan fingerprint density at radius 1 is 1.13 bits per heavy atom. The zero-order valence-electron chi connectivity index (χ0n) is 16.6. The van der Waals surface area contributed by atoms with Gasteiger partial charge in [0.15, 0.2) is 18.1 Å². The number of nitrogens with zero attached hydrogens (tertiary/aromatic N) is 3. The van der Waals surface area contributed by atoms with E-state index in [1.807, 2.05) is 13.8 Å². The van der Waals surface area contributed by atoms with Gasteiger partial charge in [-0.25, -0.2) is 0 Å². The van der Waals surface area contributed by atoms with Gasteiger partial charge in [0.05, 0.1) is 5.02 Å². The Morgan fingerprint density at radius 3 is 2.53 bits per heavy atom. The number of likely N-dealkylation sites (N-methyl/N-ethyl adjacent to an activating group) is 1. The van der Waals surface area contributed by atoms with Crippen molar-refractivity contribution in [2.24, 2.45) is 0 Å². The monoisotopic (exact) mass is 428 g/mol. The van der Waals surface area contributed by atoms with Crippen molar-refractivity contribution in [3.05, 3.63) is 59.5 Å². The third-order valence-corrected chi connectivity index (χ3v) is 4.66. The molecule has 0 unspecified atom stereocenters.